The number of hydrogen-bond acceptors (Lipinski definition) is 3. The minimum absolute atomic E-state index is 0. The number of nitrogens with one attached hydrogen (secondary N) is 1. The standard InChI is InChI=1S/C13H15BrFN3.2ClH/c14-10-2-1-3-11(15)13(10)12(4-5-16)18-8-6-17-7-9-18;;/h1-3,12,17H,4,6-9H2;2*1H/t12-;;/m0../s1. The lowest BCUT2D eigenvalue weighted by molar-refractivity contribution is 0.172. The van der Waals surface area contributed by atoms with Crippen LogP contribution in [0.25, 0.3) is 0 Å². The van der Waals surface area contributed by atoms with E-state index in [1.165, 1.54) is 6.07 Å². The maximum absolute atomic E-state index is 14.0. The van der Waals surface area contributed by atoms with Crippen molar-refractivity contribution >= 4 is 40.7 Å². The van der Waals surface area contributed by atoms with Gasteiger partial charge in [0.1, 0.15) is 5.82 Å². The summed E-state index contributed by atoms with van der Waals surface area (Å²) in [6, 6.07) is 6.94. The zero-order valence-electron chi connectivity index (χ0n) is 10.8. The minimum atomic E-state index is -0.247. The Hall–Kier alpha value is -0.380. The molecular formula is C13H17BrCl2FN3. The Balaban J connectivity index is 0.00000180. The van der Waals surface area contributed by atoms with E-state index < -0.39 is 0 Å². The summed E-state index contributed by atoms with van der Waals surface area (Å²) in [5, 5.41) is 12.2. The third-order valence-electron chi connectivity index (χ3n) is 3.21. The number of nitrogens with zero attached hydrogens (tertiary/aromatic N) is 2. The fourth-order valence-corrected chi connectivity index (χ4v) is 2.93. The van der Waals surface area contributed by atoms with E-state index in [4.69, 9.17) is 5.26 Å². The van der Waals surface area contributed by atoms with E-state index in [1.54, 1.807) is 6.07 Å². The molecule has 3 nitrogen and oxygen atoms in total. The monoisotopic (exact) mass is 383 g/mol. The van der Waals surface area contributed by atoms with Crippen molar-refractivity contribution in [3.8, 4) is 6.07 Å². The third-order valence-corrected chi connectivity index (χ3v) is 3.90. The number of nitriles is 1. The van der Waals surface area contributed by atoms with Crippen molar-refractivity contribution in [1.29, 1.82) is 5.26 Å². The third kappa shape index (κ3) is 4.57. The number of piperazine rings is 1. The molecule has 1 atom stereocenters. The molecule has 7 heteroatoms. The molecule has 1 N–H and O–H groups in total. The van der Waals surface area contributed by atoms with E-state index >= 15 is 0 Å². The molecule has 0 bridgehead atoms. The lowest BCUT2D eigenvalue weighted by Gasteiger charge is -2.34. The fourth-order valence-electron chi connectivity index (χ4n) is 2.32. The molecule has 0 aromatic heterocycles. The second kappa shape index (κ2) is 9.54. The van der Waals surface area contributed by atoms with Gasteiger partial charge < -0.3 is 5.32 Å². The average molecular weight is 385 g/mol. The van der Waals surface area contributed by atoms with Crippen molar-refractivity contribution in [1.82, 2.24) is 10.2 Å². The smallest absolute Gasteiger partial charge is 0.129 e. The van der Waals surface area contributed by atoms with Crippen molar-refractivity contribution in [2.45, 2.75) is 12.5 Å². The Bertz CT molecular complexity index is 441. The summed E-state index contributed by atoms with van der Waals surface area (Å²) in [6.45, 7) is 3.45. The van der Waals surface area contributed by atoms with Crippen molar-refractivity contribution in [2.24, 2.45) is 0 Å². The molecule has 1 aliphatic heterocycles. The summed E-state index contributed by atoms with van der Waals surface area (Å²) in [7, 11) is 0. The van der Waals surface area contributed by atoms with Crippen LogP contribution >= 0.6 is 40.7 Å². The molecule has 20 heavy (non-hydrogen) atoms. The molecule has 1 heterocycles. The number of rotatable bonds is 3. The number of benzene rings is 1. The molecule has 112 valence electrons. The van der Waals surface area contributed by atoms with Crippen molar-refractivity contribution in [3.63, 3.8) is 0 Å². The van der Waals surface area contributed by atoms with Gasteiger partial charge in [-0.1, -0.05) is 22.0 Å². The Morgan fingerprint density at radius 2 is 2.00 bits per heavy atom. The zero-order chi connectivity index (χ0) is 13.0. The first-order chi connectivity index (χ1) is 8.74. The molecule has 0 radical (unpaired) electrons. The van der Waals surface area contributed by atoms with Crippen LogP contribution in [0, 0.1) is 17.1 Å². The highest BCUT2D eigenvalue weighted by atomic mass is 79.9. The van der Waals surface area contributed by atoms with Gasteiger partial charge in [0.05, 0.1) is 18.5 Å². The normalized spacial score (nSPS) is 16.4. The van der Waals surface area contributed by atoms with Gasteiger partial charge in [0.15, 0.2) is 0 Å². The van der Waals surface area contributed by atoms with Crippen LogP contribution in [-0.4, -0.2) is 31.1 Å². The quantitative estimate of drug-likeness (QED) is 0.868. The van der Waals surface area contributed by atoms with E-state index in [2.05, 4.69) is 32.2 Å². The SMILES string of the molecule is Cl.Cl.N#CC[C@@H](c1c(F)cccc1Br)N1CCNCC1. The Labute approximate surface area is 139 Å². The van der Waals surface area contributed by atoms with Crippen LogP contribution in [-0.2, 0) is 0 Å². The highest BCUT2D eigenvalue weighted by Crippen LogP contribution is 2.32. The molecule has 1 aliphatic rings. The lowest BCUT2D eigenvalue weighted by atomic mass is 10.0. The first-order valence-corrected chi connectivity index (χ1v) is 6.79. The van der Waals surface area contributed by atoms with Gasteiger partial charge in [0.2, 0.25) is 0 Å². The average Bonchev–Trinajstić information content (AvgIpc) is 2.38. The molecule has 1 fully saturated rings. The van der Waals surface area contributed by atoms with Crippen molar-refractivity contribution in [2.75, 3.05) is 26.2 Å². The molecular weight excluding hydrogens is 368 g/mol. The van der Waals surface area contributed by atoms with E-state index in [0.717, 1.165) is 30.7 Å². The van der Waals surface area contributed by atoms with Gasteiger partial charge in [-0.05, 0) is 12.1 Å². The molecule has 0 aliphatic carbocycles. The van der Waals surface area contributed by atoms with E-state index in [0.29, 0.717) is 12.0 Å². The van der Waals surface area contributed by atoms with Gasteiger partial charge in [-0.15, -0.1) is 24.8 Å². The molecule has 0 amide bonds. The molecule has 1 aromatic carbocycles. The van der Waals surface area contributed by atoms with E-state index in [-0.39, 0.29) is 36.7 Å². The topological polar surface area (TPSA) is 39.1 Å². The first kappa shape index (κ1) is 19.6. The van der Waals surface area contributed by atoms with Crippen molar-refractivity contribution in [3.05, 3.63) is 34.1 Å². The van der Waals surface area contributed by atoms with Crippen molar-refractivity contribution < 1.29 is 4.39 Å². The second-order valence-corrected chi connectivity index (χ2v) is 5.15. The predicted octanol–water partition coefficient (Wildman–Crippen LogP) is 3.29. The Morgan fingerprint density at radius 3 is 2.55 bits per heavy atom. The molecule has 0 unspecified atom stereocenters. The van der Waals surface area contributed by atoms with Gasteiger partial charge in [-0.3, -0.25) is 4.90 Å². The van der Waals surface area contributed by atoms with Crippen LogP contribution in [0.5, 0.6) is 0 Å². The van der Waals surface area contributed by atoms with Crippen LogP contribution in [0.3, 0.4) is 0 Å². The summed E-state index contributed by atoms with van der Waals surface area (Å²) >= 11 is 3.39. The van der Waals surface area contributed by atoms with Crippen LogP contribution in [0.1, 0.15) is 18.0 Å². The summed E-state index contributed by atoms with van der Waals surface area (Å²) < 4.78 is 14.7. The lowest BCUT2D eigenvalue weighted by Crippen LogP contribution is -2.45. The maximum atomic E-state index is 14.0. The molecule has 0 saturated carbocycles. The molecule has 0 spiro atoms. The fraction of sp³-hybridized carbons (Fsp3) is 0.462. The van der Waals surface area contributed by atoms with Gasteiger partial charge in [0, 0.05) is 36.2 Å². The highest BCUT2D eigenvalue weighted by Gasteiger charge is 2.26. The predicted molar refractivity (Wildman–Crippen MR) is 86.0 cm³/mol. The summed E-state index contributed by atoms with van der Waals surface area (Å²) in [4.78, 5) is 2.17. The van der Waals surface area contributed by atoms with Gasteiger partial charge in [-0.25, -0.2) is 4.39 Å². The first-order valence-electron chi connectivity index (χ1n) is 5.99. The summed E-state index contributed by atoms with van der Waals surface area (Å²) in [5.74, 6) is -0.247. The number of hydrogen-bond donors (Lipinski definition) is 1. The summed E-state index contributed by atoms with van der Waals surface area (Å²) in [6.07, 6.45) is 0.305. The highest BCUT2D eigenvalue weighted by molar-refractivity contribution is 9.10. The van der Waals surface area contributed by atoms with Gasteiger partial charge in [0.25, 0.3) is 0 Å². The second-order valence-electron chi connectivity index (χ2n) is 4.30. The van der Waals surface area contributed by atoms with Crippen LogP contribution in [0.2, 0.25) is 0 Å². The Kier molecular flexibility index (Phi) is 9.36. The Morgan fingerprint density at radius 1 is 1.35 bits per heavy atom. The van der Waals surface area contributed by atoms with Crippen LogP contribution in [0.4, 0.5) is 4.39 Å². The molecule has 2 rings (SSSR count). The largest absolute Gasteiger partial charge is 0.314 e. The van der Waals surface area contributed by atoms with Crippen LogP contribution < -0.4 is 5.32 Å². The molecule has 1 saturated heterocycles. The molecule has 1 aromatic rings. The number of halogens is 4. The van der Waals surface area contributed by atoms with Crippen LogP contribution in [0.15, 0.2) is 22.7 Å². The maximum Gasteiger partial charge on any atom is 0.129 e. The summed E-state index contributed by atoms with van der Waals surface area (Å²) in [5.41, 5.74) is 0.598. The zero-order valence-corrected chi connectivity index (χ0v) is 14.0. The van der Waals surface area contributed by atoms with Gasteiger partial charge in [-0.2, -0.15) is 5.26 Å². The van der Waals surface area contributed by atoms with E-state index in [9.17, 15) is 4.39 Å². The van der Waals surface area contributed by atoms with E-state index in [1.807, 2.05) is 6.07 Å². The van der Waals surface area contributed by atoms with Gasteiger partial charge >= 0.3 is 0 Å². The minimum Gasteiger partial charge on any atom is -0.314 e.